The molecule has 0 fully saturated rings. The van der Waals surface area contributed by atoms with Gasteiger partial charge < -0.3 is 10.1 Å². The summed E-state index contributed by atoms with van der Waals surface area (Å²) in [6.07, 6.45) is 4.85. The van der Waals surface area contributed by atoms with Crippen LogP contribution >= 0.6 is 0 Å². The van der Waals surface area contributed by atoms with Gasteiger partial charge in [-0.2, -0.15) is 0 Å². The zero-order valence-electron chi connectivity index (χ0n) is 14.7. The van der Waals surface area contributed by atoms with E-state index in [1.54, 1.807) is 30.1 Å². The fourth-order valence-electron chi connectivity index (χ4n) is 2.87. The summed E-state index contributed by atoms with van der Waals surface area (Å²) in [7, 11) is 1.53. The van der Waals surface area contributed by atoms with Gasteiger partial charge in [0.25, 0.3) is 5.91 Å². The molecule has 0 saturated heterocycles. The molecular formula is C19H16N6O2. The van der Waals surface area contributed by atoms with Crippen molar-refractivity contribution in [2.24, 2.45) is 0 Å². The number of rotatable bonds is 4. The van der Waals surface area contributed by atoms with E-state index >= 15 is 0 Å². The molecule has 0 saturated carbocycles. The summed E-state index contributed by atoms with van der Waals surface area (Å²) in [6.45, 7) is 1.80. The van der Waals surface area contributed by atoms with Crippen LogP contribution in [-0.2, 0) is 0 Å². The van der Waals surface area contributed by atoms with Crippen molar-refractivity contribution in [2.75, 3.05) is 12.4 Å². The minimum atomic E-state index is -0.386. The average Bonchev–Trinajstić information content (AvgIpc) is 3.09. The molecule has 0 unspecified atom stereocenters. The lowest BCUT2D eigenvalue weighted by Gasteiger charge is -2.09. The summed E-state index contributed by atoms with van der Waals surface area (Å²) in [5.41, 5.74) is 2.96. The van der Waals surface area contributed by atoms with Crippen LogP contribution in [0.1, 0.15) is 16.2 Å². The first-order chi connectivity index (χ1) is 13.2. The summed E-state index contributed by atoms with van der Waals surface area (Å²) in [5.74, 6) is 0.131. The van der Waals surface area contributed by atoms with Gasteiger partial charge in [0.2, 0.25) is 0 Å². The Kier molecular flexibility index (Phi) is 4.21. The molecule has 0 aliphatic carbocycles. The highest BCUT2D eigenvalue weighted by Crippen LogP contribution is 2.24. The first-order valence-electron chi connectivity index (χ1n) is 8.25. The molecule has 0 aliphatic rings. The number of methoxy groups -OCH3 is 1. The van der Waals surface area contributed by atoms with Crippen molar-refractivity contribution in [2.45, 2.75) is 6.92 Å². The number of hydrogen-bond acceptors (Lipinski definition) is 6. The Morgan fingerprint density at radius 1 is 1.15 bits per heavy atom. The van der Waals surface area contributed by atoms with Crippen LogP contribution in [0.5, 0.6) is 5.75 Å². The first kappa shape index (κ1) is 16.6. The van der Waals surface area contributed by atoms with E-state index in [4.69, 9.17) is 4.74 Å². The minimum Gasteiger partial charge on any atom is -0.494 e. The molecule has 8 nitrogen and oxygen atoms in total. The lowest BCUT2D eigenvalue weighted by Crippen LogP contribution is -2.15. The maximum atomic E-state index is 12.7. The molecular weight excluding hydrogens is 344 g/mol. The van der Waals surface area contributed by atoms with Crippen LogP contribution in [0.15, 0.2) is 55.0 Å². The summed E-state index contributed by atoms with van der Waals surface area (Å²) >= 11 is 0. The smallest absolute Gasteiger partial charge is 0.278 e. The Labute approximate surface area is 154 Å². The Morgan fingerprint density at radius 2 is 2.04 bits per heavy atom. The topological polar surface area (TPSA) is 94.8 Å². The number of aromatic nitrogens is 5. The van der Waals surface area contributed by atoms with Crippen molar-refractivity contribution in [1.29, 1.82) is 0 Å². The monoisotopic (exact) mass is 360 g/mol. The van der Waals surface area contributed by atoms with E-state index in [2.05, 4.69) is 25.6 Å². The zero-order valence-corrected chi connectivity index (χ0v) is 14.7. The molecule has 134 valence electrons. The van der Waals surface area contributed by atoms with Crippen molar-refractivity contribution < 1.29 is 9.53 Å². The third-order valence-corrected chi connectivity index (χ3v) is 4.21. The van der Waals surface area contributed by atoms with Crippen molar-refractivity contribution >= 4 is 22.5 Å². The van der Waals surface area contributed by atoms with Gasteiger partial charge in [0.1, 0.15) is 11.4 Å². The molecule has 0 radical (unpaired) electrons. The van der Waals surface area contributed by atoms with E-state index in [0.717, 1.165) is 16.6 Å². The van der Waals surface area contributed by atoms with Crippen LogP contribution in [0.3, 0.4) is 0 Å². The summed E-state index contributed by atoms with van der Waals surface area (Å²) in [5, 5.41) is 11.9. The second kappa shape index (κ2) is 6.83. The van der Waals surface area contributed by atoms with Gasteiger partial charge in [-0.15, -0.1) is 5.10 Å². The summed E-state index contributed by atoms with van der Waals surface area (Å²) < 4.78 is 6.87. The number of hydrogen-bond donors (Lipinski definition) is 1. The van der Waals surface area contributed by atoms with Crippen LogP contribution in [0.2, 0.25) is 0 Å². The van der Waals surface area contributed by atoms with Crippen molar-refractivity contribution in [1.82, 2.24) is 25.0 Å². The van der Waals surface area contributed by atoms with Gasteiger partial charge in [-0.25, -0.2) is 4.68 Å². The minimum absolute atomic E-state index is 0.224. The predicted octanol–water partition coefficient (Wildman–Crippen LogP) is 2.78. The first-order valence-corrected chi connectivity index (χ1v) is 8.25. The maximum Gasteiger partial charge on any atom is 0.278 e. The van der Waals surface area contributed by atoms with Crippen molar-refractivity contribution in [3.63, 3.8) is 0 Å². The standard InChI is InChI=1S/C19H16N6O2/c1-12-18(19(26)22-15-11-20-10-8-17(15)27-2)23-24-25(12)16-7-3-6-14-13(16)5-4-9-21-14/h3-11H,1-2H3,(H,22,26). The predicted molar refractivity (Wildman–Crippen MR) is 100 cm³/mol. The van der Waals surface area contributed by atoms with E-state index in [-0.39, 0.29) is 11.6 Å². The number of nitrogens with zero attached hydrogens (tertiary/aromatic N) is 5. The Balaban J connectivity index is 1.71. The van der Waals surface area contributed by atoms with Gasteiger partial charge in [-0.05, 0) is 31.2 Å². The normalized spacial score (nSPS) is 10.7. The number of benzene rings is 1. The largest absolute Gasteiger partial charge is 0.494 e. The summed E-state index contributed by atoms with van der Waals surface area (Å²) in [6, 6.07) is 11.2. The summed E-state index contributed by atoms with van der Waals surface area (Å²) in [4.78, 5) is 21.0. The lowest BCUT2D eigenvalue weighted by atomic mass is 10.2. The number of anilines is 1. The van der Waals surface area contributed by atoms with Crippen LogP contribution in [-0.4, -0.2) is 38.0 Å². The number of amides is 1. The number of ether oxygens (including phenoxy) is 1. The molecule has 1 amide bonds. The average molecular weight is 360 g/mol. The van der Waals surface area contributed by atoms with Crippen LogP contribution < -0.4 is 10.1 Å². The fraction of sp³-hybridized carbons (Fsp3) is 0.105. The molecule has 3 aromatic heterocycles. The molecule has 1 N–H and O–H groups in total. The Morgan fingerprint density at radius 3 is 2.89 bits per heavy atom. The van der Waals surface area contributed by atoms with Crippen LogP contribution in [0.25, 0.3) is 16.6 Å². The lowest BCUT2D eigenvalue weighted by molar-refractivity contribution is 0.102. The molecule has 0 aliphatic heterocycles. The van der Waals surface area contributed by atoms with E-state index in [1.165, 1.54) is 13.3 Å². The molecule has 3 heterocycles. The van der Waals surface area contributed by atoms with Gasteiger partial charge in [-0.3, -0.25) is 14.8 Å². The second-order valence-electron chi connectivity index (χ2n) is 5.81. The van der Waals surface area contributed by atoms with E-state index in [1.807, 2.05) is 30.3 Å². The molecule has 0 atom stereocenters. The molecule has 0 bridgehead atoms. The van der Waals surface area contributed by atoms with Crippen LogP contribution in [0.4, 0.5) is 5.69 Å². The number of nitrogens with one attached hydrogen (secondary N) is 1. The van der Waals surface area contributed by atoms with Gasteiger partial charge in [-0.1, -0.05) is 11.3 Å². The van der Waals surface area contributed by atoms with E-state index in [9.17, 15) is 4.79 Å². The van der Waals surface area contributed by atoms with Crippen molar-refractivity contribution in [3.8, 4) is 11.4 Å². The maximum absolute atomic E-state index is 12.7. The Bertz CT molecular complexity index is 1130. The molecule has 4 aromatic rings. The van der Waals surface area contributed by atoms with Gasteiger partial charge in [0.05, 0.1) is 30.2 Å². The number of carbonyl (C=O) groups is 1. The third-order valence-electron chi connectivity index (χ3n) is 4.21. The quantitative estimate of drug-likeness (QED) is 0.601. The molecule has 0 spiro atoms. The van der Waals surface area contributed by atoms with E-state index in [0.29, 0.717) is 17.1 Å². The zero-order chi connectivity index (χ0) is 18.8. The molecule has 1 aromatic carbocycles. The third kappa shape index (κ3) is 2.97. The SMILES string of the molecule is COc1ccncc1NC(=O)c1nnn(-c2cccc3ncccc23)c1C. The Hall–Kier alpha value is -3.81. The molecule has 4 rings (SSSR count). The number of pyridine rings is 2. The second-order valence-corrected chi connectivity index (χ2v) is 5.81. The highest BCUT2D eigenvalue weighted by molar-refractivity contribution is 6.04. The van der Waals surface area contributed by atoms with Gasteiger partial charge >= 0.3 is 0 Å². The van der Waals surface area contributed by atoms with Crippen molar-refractivity contribution in [3.05, 3.63) is 66.4 Å². The fourth-order valence-corrected chi connectivity index (χ4v) is 2.87. The number of fused-ring (bicyclic) bond motifs is 1. The van der Waals surface area contributed by atoms with E-state index < -0.39 is 0 Å². The molecule has 27 heavy (non-hydrogen) atoms. The molecule has 8 heteroatoms. The highest BCUT2D eigenvalue weighted by atomic mass is 16.5. The number of carbonyl (C=O) groups excluding carboxylic acids is 1. The highest BCUT2D eigenvalue weighted by Gasteiger charge is 2.19. The van der Waals surface area contributed by atoms with Crippen LogP contribution in [0, 0.1) is 6.92 Å². The van der Waals surface area contributed by atoms with Gasteiger partial charge in [0, 0.05) is 23.8 Å². The van der Waals surface area contributed by atoms with Gasteiger partial charge in [0.15, 0.2) is 5.69 Å².